The van der Waals surface area contributed by atoms with Crippen LogP contribution in [0, 0.1) is 23.2 Å². The SMILES string of the molecule is B=COc1cc(C(=O)OC)ccc1C#Cc1cc(C=O)cc(CC#N)c1. The number of hydrogen-bond donors (Lipinski definition) is 0. The molecule has 26 heavy (non-hydrogen) atoms. The van der Waals surface area contributed by atoms with Crippen molar-refractivity contribution in [2.24, 2.45) is 0 Å². The third-order valence-electron chi connectivity index (χ3n) is 3.39. The molecule has 2 aromatic rings. The summed E-state index contributed by atoms with van der Waals surface area (Å²) in [5.41, 5.74) is 2.63. The zero-order valence-electron chi connectivity index (χ0n) is 14.1. The van der Waals surface area contributed by atoms with Gasteiger partial charge in [0.25, 0.3) is 0 Å². The fourth-order valence-electron chi connectivity index (χ4n) is 2.25. The quantitative estimate of drug-likeness (QED) is 0.358. The molecule has 0 atom stereocenters. The number of nitriles is 1. The van der Waals surface area contributed by atoms with Crippen molar-refractivity contribution < 1.29 is 19.1 Å². The third-order valence-corrected chi connectivity index (χ3v) is 3.39. The van der Waals surface area contributed by atoms with Crippen LogP contribution in [0.3, 0.4) is 0 Å². The number of hydrogen-bond acceptors (Lipinski definition) is 5. The molecule has 0 saturated heterocycles. The summed E-state index contributed by atoms with van der Waals surface area (Å²) >= 11 is 0. The van der Waals surface area contributed by atoms with Crippen LogP contribution in [0.25, 0.3) is 0 Å². The third kappa shape index (κ3) is 4.69. The van der Waals surface area contributed by atoms with E-state index in [0.717, 1.165) is 0 Å². The monoisotopic (exact) mass is 343 g/mol. The van der Waals surface area contributed by atoms with E-state index in [2.05, 4.69) is 24.1 Å². The van der Waals surface area contributed by atoms with Crippen molar-refractivity contribution in [2.45, 2.75) is 6.42 Å². The van der Waals surface area contributed by atoms with Gasteiger partial charge in [0.2, 0.25) is 0 Å². The van der Waals surface area contributed by atoms with E-state index in [0.29, 0.717) is 39.9 Å². The normalized spacial score (nSPS) is 9.19. The second-order valence-electron chi connectivity index (χ2n) is 5.15. The molecule has 0 spiro atoms. The van der Waals surface area contributed by atoms with Crippen LogP contribution in [0.15, 0.2) is 36.4 Å². The molecule has 0 bridgehead atoms. The molecule has 0 N–H and O–H groups in total. The van der Waals surface area contributed by atoms with Crippen LogP contribution in [0.4, 0.5) is 0 Å². The Bertz CT molecular complexity index is 964. The minimum absolute atomic E-state index is 0.189. The van der Waals surface area contributed by atoms with Gasteiger partial charge < -0.3 is 0 Å². The Kier molecular flexibility index (Phi) is 6.48. The van der Waals surface area contributed by atoms with Crippen molar-refractivity contribution >= 4 is 25.9 Å². The van der Waals surface area contributed by atoms with Gasteiger partial charge in [0.05, 0.1) is 0 Å². The Balaban J connectivity index is 2.44. The zero-order valence-corrected chi connectivity index (χ0v) is 14.1. The maximum absolute atomic E-state index is 11.6. The number of esters is 1. The summed E-state index contributed by atoms with van der Waals surface area (Å²) < 4.78 is 10.0. The molecule has 0 heterocycles. The molecule has 0 saturated carbocycles. The first kappa shape index (κ1) is 18.7. The van der Waals surface area contributed by atoms with Gasteiger partial charge in [-0.15, -0.1) is 0 Å². The molecule has 2 rings (SSSR count). The van der Waals surface area contributed by atoms with Crippen molar-refractivity contribution in [3.63, 3.8) is 0 Å². The summed E-state index contributed by atoms with van der Waals surface area (Å²) in [4.78, 5) is 22.7. The number of carbonyl (C=O) groups is 2. The van der Waals surface area contributed by atoms with E-state index < -0.39 is 5.97 Å². The minimum atomic E-state index is -0.488. The van der Waals surface area contributed by atoms with Gasteiger partial charge in [-0.3, -0.25) is 0 Å². The van der Waals surface area contributed by atoms with E-state index in [1.165, 1.54) is 19.3 Å². The van der Waals surface area contributed by atoms with Crippen molar-refractivity contribution in [1.29, 1.82) is 5.26 Å². The van der Waals surface area contributed by atoms with Crippen LogP contribution in [0.2, 0.25) is 0 Å². The number of carbonyl (C=O) groups excluding carboxylic acids is 2. The van der Waals surface area contributed by atoms with Crippen LogP contribution in [-0.2, 0) is 11.2 Å². The summed E-state index contributed by atoms with van der Waals surface area (Å²) in [6, 6.07) is 11.8. The predicted molar refractivity (Wildman–Crippen MR) is 98.7 cm³/mol. The Labute approximate surface area is 152 Å². The van der Waals surface area contributed by atoms with Gasteiger partial charge in [0, 0.05) is 0 Å². The zero-order chi connectivity index (χ0) is 18.9. The van der Waals surface area contributed by atoms with Crippen molar-refractivity contribution in [3.8, 4) is 23.7 Å². The van der Waals surface area contributed by atoms with E-state index in [9.17, 15) is 9.59 Å². The fraction of sp³-hybridized carbons (Fsp3) is 0.100. The maximum atomic E-state index is 11.6. The average Bonchev–Trinajstić information content (AvgIpc) is 2.66. The van der Waals surface area contributed by atoms with Gasteiger partial charge in [0.15, 0.2) is 0 Å². The first-order chi connectivity index (χ1) is 12.6. The topological polar surface area (TPSA) is 76.4 Å². The average molecular weight is 343 g/mol. The van der Waals surface area contributed by atoms with Gasteiger partial charge in [-0.25, -0.2) is 0 Å². The molecule has 0 unspecified atom stereocenters. The number of methoxy groups -OCH3 is 1. The molecule has 5 nitrogen and oxygen atoms in total. The van der Waals surface area contributed by atoms with E-state index >= 15 is 0 Å². The molecule has 0 radical (unpaired) electrons. The number of nitrogens with zero attached hydrogens (tertiary/aromatic N) is 1. The van der Waals surface area contributed by atoms with E-state index in [1.54, 1.807) is 30.3 Å². The molecule has 0 fully saturated rings. The molecule has 6 heteroatoms. The van der Waals surface area contributed by atoms with Crippen molar-refractivity contribution in [1.82, 2.24) is 0 Å². The number of rotatable bonds is 5. The molecule has 0 amide bonds. The summed E-state index contributed by atoms with van der Waals surface area (Å²) in [6.45, 7) is 0. The molecule has 0 aliphatic heterocycles. The van der Waals surface area contributed by atoms with Gasteiger partial charge in [0.1, 0.15) is 0 Å². The Hall–Kier alpha value is -3.64. The Morgan fingerprint density at radius 1 is 1.23 bits per heavy atom. The molecule has 0 aromatic heterocycles. The first-order valence-electron chi connectivity index (χ1n) is 7.59. The van der Waals surface area contributed by atoms with Gasteiger partial charge in [-0.1, -0.05) is 0 Å². The number of ether oxygens (including phenoxy) is 2. The number of aldehydes is 1. The molecule has 0 aliphatic carbocycles. The molecule has 126 valence electrons. The van der Waals surface area contributed by atoms with Crippen LogP contribution in [0.5, 0.6) is 5.75 Å². The van der Waals surface area contributed by atoms with Gasteiger partial charge in [-0.05, 0) is 0 Å². The van der Waals surface area contributed by atoms with Crippen molar-refractivity contribution in [3.05, 3.63) is 64.2 Å². The van der Waals surface area contributed by atoms with Crippen LogP contribution < -0.4 is 4.74 Å². The van der Waals surface area contributed by atoms with E-state index in [-0.39, 0.29) is 6.42 Å². The summed E-state index contributed by atoms with van der Waals surface area (Å²) in [7, 11) is 4.80. The van der Waals surface area contributed by atoms with Gasteiger partial charge >= 0.3 is 152 Å². The number of benzene rings is 2. The van der Waals surface area contributed by atoms with Crippen LogP contribution >= 0.6 is 0 Å². The summed E-state index contributed by atoms with van der Waals surface area (Å²) in [6.07, 6.45) is 2.14. The van der Waals surface area contributed by atoms with Crippen LogP contribution in [0.1, 0.15) is 37.4 Å². The van der Waals surface area contributed by atoms with E-state index in [4.69, 9.17) is 10.00 Å². The second-order valence-corrected chi connectivity index (χ2v) is 5.15. The molecule has 0 aliphatic rings. The Morgan fingerprint density at radius 3 is 2.69 bits per heavy atom. The summed E-state index contributed by atoms with van der Waals surface area (Å²) in [5, 5.41) is 8.83. The molecule has 2 aromatic carbocycles. The van der Waals surface area contributed by atoms with Gasteiger partial charge in [-0.2, -0.15) is 0 Å². The van der Waals surface area contributed by atoms with Crippen molar-refractivity contribution in [2.75, 3.05) is 7.11 Å². The molecular weight excluding hydrogens is 329 g/mol. The fourth-order valence-corrected chi connectivity index (χ4v) is 2.25. The second kappa shape index (κ2) is 9.01. The Morgan fingerprint density at radius 2 is 2.04 bits per heavy atom. The first-order valence-corrected chi connectivity index (χ1v) is 7.59. The van der Waals surface area contributed by atoms with E-state index in [1.807, 2.05) is 6.07 Å². The summed E-state index contributed by atoms with van der Waals surface area (Å²) in [5.74, 6) is 5.77. The molecular formula is C20H14BNO4. The predicted octanol–water partition coefficient (Wildman–Crippen LogP) is 1.79. The van der Waals surface area contributed by atoms with Crippen LogP contribution in [-0.4, -0.2) is 33.0 Å². The standard InChI is InChI=1S/C20H14BNO4/c1-25-20(24)18-5-4-17(19(11-18)26-13-21)3-2-14-8-15(6-7-22)10-16(9-14)12-23/h4-5,8-13,21H,6H2,1H3.